The molecule has 0 atom stereocenters. The highest BCUT2D eigenvalue weighted by Crippen LogP contribution is 2.35. The van der Waals surface area contributed by atoms with E-state index in [1.54, 1.807) is 0 Å². The summed E-state index contributed by atoms with van der Waals surface area (Å²) in [7, 11) is 2.13. The average Bonchev–Trinajstić information content (AvgIpc) is 2.71. The molecular weight excluding hydrogens is 384 g/mol. The second-order valence-electron chi connectivity index (χ2n) is 7.37. The number of rotatable bonds is 4. The summed E-state index contributed by atoms with van der Waals surface area (Å²) in [5, 5.41) is 4.16. The molecule has 0 radical (unpaired) electrons. The molecule has 6 nitrogen and oxygen atoms in total. The monoisotopic (exact) mass is 408 g/mol. The normalized spacial score (nSPS) is 14.8. The van der Waals surface area contributed by atoms with Gasteiger partial charge in [-0.15, -0.1) is 0 Å². The zero-order valence-corrected chi connectivity index (χ0v) is 17.4. The molecule has 3 N–H and O–H groups in total. The van der Waals surface area contributed by atoms with Crippen LogP contribution in [0.1, 0.15) is 5.56 Å². The zero-order chi connectivity index (χ0) is 20.4. The van der Waals surface area contributed by atoms with Crippen LogP contribution in [0.5, 0.6) is 0 Å². The summed E-state index contributed by atoms with van der Waals surface area (Å²) in [5.74, 6) is 1.81. The van der Waals surface area contributed by atoms with Crippen LogP contribution < -0.4 is 16.0 Å². The first-order valence-corrected chi connectivity index (χ1v) is 10.1. The third-order valence-electron chi connectivity index (χ3n) is 5.24. The third kappa shape index (κ3) is 4.28. The van der Waals surface area contributed by atoms with Crippen LogP contribution in [0, 0.1) is 6.92 Å². The van der Waals surface area contributed by atoms with Crippen molar-refractivity contribution in [2.75, 3.05) is 49.2 Å². The zero-order valence-electron chi connectivity index (χ0n) is 16.7. The highest BCUT2D eigenvalue weighted by molar-refractivity contribution is 6.30. The predicted octanol–water partition coefficient (Wildman–Crippen LogP) is 4.18. The van der Waals surface area contributed by atoms with Crippen molar-refractivity contribution in [1.82, 2.24) is 14.9 Å². The van der Waals surface area contributed by atoms with Crippen molar-refractivity contribution in [2.24, 2.45) is 0 Å². The number of aromatic nitrogens is 2. The van der Waals surface area contributed by atoms with Crippen molar-refractivity contribution in [3.8, 4) is 11.1 Å². The van der Waals surface area contributed by atoms with E-state index in [2.05, 4.69) is 40.1 Å². The van der Waals surface area contributed by atoms with Gasteiger partial charge in [0.2, 0.25) is 5.95 Å². The van der Waals surface area contributed by atoms with Crippen molar-refractivity contribution in [3.63, 3.8) is 0 Å². The highest BCUT2D eigenvalue weighted by atomic mass is 35.5. The van der Waals surface area contributed by atoms with Crippen LogP contribution in [0.15, 0.2) is 48.5 Å². The van der Waals surface area contributed by atoms with E-state index in [9.17, 15) is 0 Å². The Balaban J connectivity index is 1.79. The van der Waals surface area contributed by atoms with E-state index >= 15 is 0 Å². The lowest BCUT2D eigenvalue weighted by atomic mass is 10.1. The molecular formula is C22H25ClN6. The smallest absolute Gasteiger partial charge is 0.229 e. The molecule has 0 spiro atoms. The number of halogens is 1. The summed E-state index contributed by atoms with van der Waals surface area (Å²) in [6.45, 7) is 5.77. The van der Waals surface area contributed by atoms with Crippen LogP contribution in [0.3, 0.4) is 0 Å². The summed E-state index contributed by atoms with van der Waals surface area (Å²) in [6, 6.07) is 15.7. The first-order valence-electron chi connectivity index (χ1n) is 9.71. The first-order chi connectivity index (χ1) is 14.0. The van der Waals surface area contributed by atoms with Gasteiger partial charge >= 0.3 is 0 Å². The minimum absolute atomic E-state index is 0.451. The summed E-state index contributed by atoms with van der Waals surface area (Å²) >= 11 is 6.08. The van der Waals surface area contributed by atoms with Crippen molar-refractivity contribution in [1.29, 1.82) is 0 Å². The molecule has 0 aliphatic carbocycles. The number of hydrogen-bond acceptors (Lipinski definition) is 6. The van der Waals surface area contributed by atoms with Crippen LogP contribution >= 0.6 is 11.6 Å². The Morgan fingerprint density at radius 3 is 2.34 bits per heavy atom. The van der Waals surface area contributed by atoms with Gasteiger partial charge in [0.05, 0.1) is 5.56 Å². The van der Waals surface area contributed by atoms with Gasteiger partial charge in [-0.05, 0) is 43.3 Å². The van der Waals surface area contributed by atoms with Gasteiger partial charge in [0.15, 0.2) is 0 Å². The Morgan fingerprint density at radius 1 is 0.966 bits per heavy atom. The number of para-hydroxylation sites is 1. The Hall–Kier alpha value is -2.83. The number of aryl methyl sites for hydroxylation is 1. The topological polar surface area (TPSA) is 70.3 Å². The van der Waals surface area contributed by atoms with Gasteiger partial charge in [0.1, 0.15) is 11.6 Å². The van der Waals surface area contributed by atoms with E-state index in [1.807, 2.05) is 42.5 Å². The van der Waals surface area contributed by atoms with Crippen molar-refractivity contribution < 1.29 is 0 Å². The van der Waals surface area contributed by atoms with Crippen LogP contribution in [0.4, 0.5) is 23.3 Å². The summed E-state index contributed by atoms with van der Waals surface area (Å²) < 4.78 is 0. The van der Waals surface area contributed by atoms with E-state index in [-0.39, 0.29) is 0 Å². The van der Waals surface area contributed by atoms with Gasteiger partial charge in [-0.1, -0.05) is 41.9 Å². The molecule has 0 unspecified atom stereocenters. The van der Waals surface area contributed by atoms with Crippen molar-refractivity contribution in [2.45, 2.75) is 6.92 Å². The predicted molar refractivity (Wildman–Crippen MR) is 121 cm³/mol. The van der Waals surface area contributed by atoms with E-state index in [4.69, 9.17) is 22.3 Å². The Labute approximate surface area is 176 Å². The number of hydrogen-bond donors (Lipinski definition) is 2. The van der Waals surface area contributed by atoms with Crippen molar-refractivity contribution >= 4 is 34.9 Å². The number of piperazine rings is 1. The molecule has 29 heavy (non-hydrogen) atoms. The fraction of sp³-hybridized carbons (Fsp3) is 0.273. The molecule has 3 aromatic rings. The molecule has 0 amide bonds. The molecule has 7 heteroatoms. The molecule has 2 heterocycles. The lowest BCUT2D eigenvalue weighted by molar-refractivity contribution is 0.311. The number of anilines is 4. The average molecular weight is 409 g/mol. The van der Waals surface area contributed by atoms with Gasteiger partial charge in [0.25, 0.3) is 0 Å². The number of nitrogens with zero attached hydrogens (tertiary/aromatic N) is 4. The van der Waals surface area contributed by atoms with Gasteiger partial charge in [0, 0.05) is 36.9 Å². The summed E-state index contributed by atoms with van der Waals surface area (Å²) in [4.78, 5) is 14.0. The van der Waals surface area contributed by atoms with Crippen LogP contribution in [-0.4, -0.2) is 48.1 Å². The number of benzene rings is 2. The van der Waals surface area contributed by atoms with E-state index in [0.29, 0.717) is 22.6 Å². The number of likely N-dealkylation sites (N-methyl/N-ethyl adjacent to an activating group) is 1. The molecule has 0 saturated carbocycles. The van der Waals surface area contributed by atoms with Gasteiger partial charge in [-0.3, -0.25) is 0 Å². The SMILES string of the molecule is Cc1ccccc1Nc1nc(N2CCN(C)CC2)nc(N)c1-c1ccc(Cl)cc1. The third-order valence-corrected chi connectivity index (χ3v) is 5.49. The highest BCUT2D eigenvalue weighted by Gasteiger charge is 2.21. The maximum atomic E-state index is 6.46. The minimum atomic E-state index is 0.451. The van der Waals surface area contributed by atoms with Crippen LogP contribution in [0.25, 0.3) is 11.1 Å². The maximum absolute atomic E-state index is 6.46. The molecule has 1 aliphatic heterocycles. The number of nitrogens with one attached hydrogen (secondary N) is 1. The van der Waals surface area contributed by atoms with E-state index in [1.165, 1.54) is 0 Å². The number of nitrogen functional groups attached to an aromatic ring is 1. The van der Waals surface area contributed by atoms with Gasteiger partial charge in [-0.25, -0.2) is 0 Å². The lowest BCUT2D eigenvalue weighted by Gasteiger charge is -2.32. The largest absolute Gasteiger partial charge is 0.383 e. The van der Waals surface area contributed by atoms with Crippen molar-refractivity contribution in [3.05, 3.63) is 59.1 Å². The standard InChI is InChI=1S/C22H25ClN6/c1-15-5-3-4-6-18(15)25-21-19(16-7-9-17(23)10-8-16)20(24)26-22(27-21)29-13-11-28(2)12-14-29/h3-10H,11-14H2,1-2H3,(H3,24,25,26,27). The van der Waals surface area contributed by atoms with Gasteiger partial charge < -0.3 is 20.9 Å². The molecule has 4 rings (SSSR count). The molecule has 1 aliphatic rings. The second kappa shape index (κ2) is 8.27. The fourth-order valence-electron chi connectivity index (χ4n) is 3.45. The van der Waals surface area contributed by atoms with E-state index in [0.717, 1.165) is 48.6 Å². The first kappa shape index (κ1) is 19.5. The van der Waals surface area contributed by atoms with Gasteiger partial charge in [-0.2, -0.15) is 9.97 Å². The Kier molecular flexibility index (Phi) is 5.56. The lowest BCUT2D eigenvalue weighted by Crippen LogP contribution is -2.45. The van der Waals surface area contributed by atoms with Crippen LogP contribution in [-0.2, 0) is 0 Å². The molecule has 2 aromatic carbocycles. The summed E-state index contributed by atoms with van der Waals surface area (Å²) in [5.41, 5.74) is 10.3. The maximum Gasteiger partial charge on any atom is 0.229 e. The molecule has 1 fully saturated rings. The summed E-state index contributed by atoms with van der Waals surface area (Å²) in [6.07, 6.45) is 0. The number of nitrogens with two attached hydrogens (primary N) is 1. The molecule has 1 aromatic heterocycles. The minimum Gasteiger partial charge on any atom is -0.383 e. The second-order valence-corrected chi connectivity index (χ2v) is 7.81. The molecule has 1 saturated heterocycles. The Morgan fingerprint density at radius 2 is 1.66 bits per heavy atom. The fourth-order valence-corrected chi connectivity index (χ4v) is 3.57. The van der Waals surface area contributed by atoms with Crippen LogP contribution in [0.2, 0.25) is 5.02 Å². The molecule has 150 valence electrons. The Bertz CT molecular complexity index is 997. The van der Waals surface area contributed by atoms with E-state index < -0.39 is 0 Å². The quantitative estimate of drug-likeness (QED) is 0.674. The molecule has 0 bridgehead atoms.